The molecule has 0 fully saturated rings. The summed E-state index contributed by atoms with van der Waals surface area (Å²) in [6.45, 7) is 2.86. The summed E-state index contributed by atoms with van der Waals surface area (Å²) in [6.07, 6.45) is 5.20. The van der Waals surface area contributed by atoms with Crippen molar-refractivity contribution in [2.24, 2.45) is 0 Å². The summed E-state index contributed by atoms with van der Waals surface area (Å²) >= 11 is 0. The molecule has 0 bridgehead atoms. The minimum absolute atomic E-state index is 0.751. The fraction of sp³-hybridized carbons (Fsp3) is 0.192. The monoisotopic (exact) mass is 396 g/mol. The molecule has 0 N–H and O–H groups in total. The lowest BCUT2D eigenvalue weighted by molar-refractivity contribution is 0.295. The largest absolute Gasteiger partial charge is 0.493 e. The van der Waals surface area contributed by atoms with Crippen molar-refractivity contribution in [1.29, 1.82) is 0 Å². The van der Waals surface area contributed by atoms with Crippen LogP contribution in [0.3, 0.4) is 0 Å². The van der Waals surface area contributed by atoms with Gasteiger partial charge >= 0.3 is 0 Å². The zero-order chi connectivity index (χ0) is 20.3. The maximum Gasteiger partial charge on any atom is 0.177 e. The molecular weight excluding hydrogens is 372 g/mol. The van der Waals surface area contributed by atoms with E-state index in [1.165, 1.54) is 16.7 Å². The number of methoxy groups -OCH3 is 1. The van der Waals surface area contributed by atoms with Gasteiger partial charge in [0.15, 0.2) is 17.1 Å². The van der Waals surface area contributed by atoms with Crippen LogP contribution in [0.4, 0.5) is 0 Å². The molecule has 0 saturated carbocycles. The number of hydrogen-bond acceptors (Lipinski definition) is 4. The van der Waals surface area contributed by atoms with Gasteiger partial charge in [-0.25, -0.2) is 0 Å². The van der Waals surface area contributed by atoms with Gasteiger partial charge in [0.05, 0.1) is 7.11 Å². The highest BCUT2D eigenvalue weighted by atomic mass is 16.5. The Morgan fingerprint density at radius 3 is 2.63 bits per heavy atom. The van der Waals surface area contributed by atoms with Crippen molar-refractivity contribution in [3.8, 4) is 17.2 Å². The van der Waals surface area contributed by atoms with Gasteiger partial charge in [-0.2, -0.15) is 0 Å². The van der Waals surface area contributed by atoms with Crippen molar-refractivity contribution in [2.45, 2.75) is 13.0 Å². The van der Waals surface area contributed by atoms with Crippen LogP contribution in [0.15, 0.2) is 83.4 Å². The first-order chi connectivity index (χ1) is 14.8. The summed E-state index contributed by atoms with van der Waals surface area (Å²) in [5.74, 6) is 1.52. The van der Waals surface area contributed by atoms with Crippen LogP contribution in [0.5, 0.6) is 5.75 Å². The van der Waals surface area contributed by atoms with Gasteiger partial charge in [-0.3, -0.25) is 9.88 Å². The van der Waals surface area contributed by atoms with E-state index in [4.69, 9.17) is 9.15 Å². The van der Waals surface area contributed by atoms with Gasteiger partial charge in [-0.05, 0) is 47.4 Å². The topological polar surface area (TPSA) is 38.5 Å². The number of ether oxygens (including phenoxy) is 1. The van der Waals surface area contributed by atoms with Crippen LogP contribution in [-0.4, -0.2) is 30.1 Å². The lowest BCUT2D eigenvalue weighted by atomic mass is 9.99. The first-order valence-corrected chi connectivity index (χ1v) is 10.3. The van der Waals surface area contributed by atoms with Crippen LogP contribution in [0.25, 0.3) is 28.0 Å². The van der Waals surface area contributed by atoms with E-state index in [0.29, 0.717) is 0 Å². The molecular formula is C26H24N2O2. The Morgan fingerprint density at radius 2 is 1.90 bits per heavy atom. The summed E-state index contributed by atoms with van der Waals surface area (Å²) in [7, 11) is 1.68. The van der Waals surface area contributed by atoms with E-state index in [1.54, 1.807) is 13.3 Å². The zero-order valence-electron chi connectivity index (χ0n) is 17.0. The van der Waals surface area contributed by atoms with Crippen LogP contribution >= 0.6 is 0 Å². The zero-order valence-corrected chi connectivity index (χ0v) is 17.0. The third-order valence-electron chi connectivity index (χ3n) is 5.71. The highest BCUT2D eigenvalue weighted by molar-refractivity contribution is 5.90. The van der Waals surface area contributed by atoms with E-state index in [2.05, 4.69) is 58.4 Å². The third-order valence-corrected chi connectivity index (χ3v) is 5.71. The maximum absolute atomic E-state index is 6.16. The van der Waals surface area contributed by atoms with Gasteiger partial charge in [0.2, 0.25) is 0 Å². The van der Waals surface area contributed by atoms with E-state index in [1.807, 2.05) is 24.3 Å². The standard InChI is InChI=1S/C26H24N2O2/c1-29-24-11-10-21(22-17-25(30-26(22)24)23-9-5-6-14-27-23)18-28-15-12-20(13-16-28)19-7-3-2-4-8-19/h2-12,14,17H,13,15-16,18H2,1H3. The van der Waals surface area contributed by atoms with Crippen molar-refractivity contribution in [3.05, 3.63) is 90.1 Å². The second-order valence-corrected chi connectivity index (χ2v) is 7.58. The molecule has 0 atom stereocenters. The lowest BCUT2D eigenvalue weighted by Gasteiger charge is -2.26. The van der Waals surface area contributed by atoms with Crippen molar-refractivity contribution in [3.63, 3.8) is 0 Å². The Hall–Kier alpha value is -3.37. The van der Waals surface area contributed by atoms with E-state index in [9.17, 15) is 0 Å². The third kappa shape index (κ3) is 3.62. The number of fused-ring (bicyclic) bond motifs is 1. The molecule has 0 aliphatic carbocycles. The van der Waals surface area contributed by atoms with Gasteiger partial charge in [0.25, 0.3) is 0 Å². The predicted molar refractivity (Wildman–Crippen MR) is 120 cm³/mol. The van der Waals surface area contributed by atoms with Gasteiger partial charge < -0.3 is 9.15 Å². The Morgan fingerprint density at radius 1 is 1.03 bits per heavy atom. The minimum atomic E-state index is 0.751. The average Bonchev–Trinajstić information content (AvgIpc) is 3.27. The number of rotatable bonds is 5. The van der Waals surface area contributed by atoms with Gasteiger partial charge in [0, 0.05) is 31.2 Å². The van der Waals surface area contributed by atoms with Crippen LogP contribution in [0.2, 0.25) is 0 Å². The fourth-order valence-corrected chi connectivity index (χ4v) is 4.10. The average molecular weight is 396 g/mol. The molecule has 1 aliphatic rings. The molecule has 2 aromatic heterocycles. The number of aromatic nitrogens is 1. The summed E-state index contributed by atoms with van der Waals surface area (Å²) in [5, 5.41) is 1.09. The number of nitrogens with zero attached hydrogens (tertiary/aromatic N) is 2. The maximum atomic E-state index is 6.16. The molecule has 0 saturated heterocycles. The van der Waals surface area contributed by atoms with Crippen LogP contribution in [0, 0.1) is 0 Å². The second-order valence-electron chi connectivity index (χ2n) is 7.58. The molecule has 1 aliphatic heterocycles. The fourth-order valence-electron chi connectivity index (χ4n) is 4.10. The molecule has 2 aromatic carbocycles. The van der Waals surface area contributed by atoms with Crippen LogP contribution in [-0.2, 0) is 6.54 Å². The first kappa shape index (κ1) is 18.6. The Labute approximate surface area is 176 Å². The highest BCUT2D eigenvalue weighted by Gasteiger charge is 2.18. The summed E-state index contributed by atoms with van der Waals surface area (Å²) in [6, 6.07) is 22.7. The second kappa shape index (κ2) is 8.17. The number of benzene rings is 2. The number of pyridine rings is 1. The molecule has 0 amide bonds. The number of hydrogen-bond donors (Lipinski definition) is 0. The molecule has 5 rings (SSSR count). The molecule has 0 radical (unpaired) electrons. The minimum Gasteiger partial charge on any atom is -0.493 e. The summed E-state index contributed by atoms with van der Waals surface area (Å²) in [5.41, 5.74) is 5.63. The molecule has 4 nitrogen and oxygen atoms in total. The first-order valence-electron chi connectivity index (χ1n) is 10.3. The molecule has 4 aromatic rings. The number of furan rings is 1. The molecule has 30 heavy (non-hydrogen) atoms. The summed E-state index contributed by atoms with van der Waals surface area (Å²) in [4.78, 5) is 6.90. The van der Waals surface area contributed by atoms with E-state index >= 15 is 0 Å². The van der Waals surface area contributed by atoms with Crippen molar-refractivity contribution < 1.29 is 9.15 Å². The van der Waals surface area contributed by atoms with E-state index in [-0.39, 0.29) is 0 Å². The highest BCUT2D eigenvalue weighted by Crippen LogP contribution is 2.36. The molecule has 0 unspecified atom stereocenters. The van der Waals surface area contributed by atoms with Crippen molar-refractivity contribution >= 4 is 16.5 Å². The SMILES string of the molecule is COc1ccc(CN2CC=C(c3ccccc3)CC2)c2cc(-c3ccccn3)oc12. The Balaban J connectivity index is 1.42. The van der Waals surface area contributed by atoms with Crippen molar-refractivity contribution in [1.82, 2.24) is 9.88 Å². The normalized spacial score (nSPS) is 14.6. The molecule has 4 heteroatoms. The Kier molecular flexibility index (Phi) is 5.08. The van der Waals surface area contributed by atoms with E-state index in [0.717, 1.165) is 54.2 Å². The molecule has 3 heterocycles. The lowest BCUT2D eigenvalue weighted by Crippen LogP contribution is -2.28. The quantitative estimate of drug-likeness (QED) is 0.428. The van der Waals surface area contributed by atoms with Gasteiger partial charge in [-0.1, -0.05) is 48.5 Å². The van der Waals surface area contributed by atoms with Gasteiger partial charge in [-0.15, -0.1) is 0 Å². The van der Waals surface area contributed by atoms with Crippen molar-refractivity contribution in [2.75, 3.05) is 20.2 Å². The van der Waals surface area contributed by atoms with Crippen LogP contribution in [0.1, 0.15) is 17.5 Å². The smallest absolute Gasteiger partial charge is 0.177 e. The van der Waals surface area contributed by atoms with E-state index < -0.39 is 0 Å². The van der Waals surface area contributed by atoms with Crippen LogP contribution < -0.4 is 4.74 Å². The Bertz CT molecular complexity index is 1180. The van der Waals surface area contributed by atoms with Gasteiger partial charge in [0.1, 0.15) is 5.69 Å². The predicted octanol–water partition coefficient (Wildman–Crippen LogP) is 5.79. The summed E-state index contributed by atoms with van der Waals surface area (Å²) < 4.78 is 11.7. The molecule has 150 valence electrons. The molecule has 0 spiro atoms.